The van der Waals surface area contributed by atoms with Crippen molar-refractivity contribution in [1.29, 1.82) is 0 Å². The van der Waals surface area contributed by atoms with E-state index in [0.717, 1.165) is 12.1 Å². The Balaban J connectivity index is 2.08. The van der Waals surface area contributed by atoms with Crippen LogP contribution in [0, 0.1) is 11.6 Å². The van der Waals surface area contributed by atoms with Gasteiger partial charge in [-0.05, 0) is 25.1 Å². The molecule has 0 saturated carbocycles. The standard InChI is InChI=1S/C13H14F2N2O2/c1-8-13(19)16-4-5-17(8)7-12(18)9-2-3-10(14)11(15)6-9/h2-3,6,8H,4-5,7H2,1H3,(H,16,19). The Morgan fingerprint density at radius 2 is 2.16 bits per heavy atom. The van der Waals surface area contributed by atoms with Gasteiger partial charge in [-0.3, -0.25) is 14.5 Å². The van der Waals surface area contributed by atoms with Crippen molar-refractivity contribution in [2.24, 2.45) is 0 Å². The zero-order valence-electron chi connectivity index (χ0n) is 10.5. The average Bonchev–Trinajstić information content (AvgIpc) is 2.38. The lowest BCUT2D eigenvalue weighted by molar-refractivity contribution is -0.127. The molecule has 0 bridgehead atoms. The Morgan fingerprint density at radius 3 is 2.84 bits per heavy atom. The summed E-state index contributed by atoms with van der Waals surface area (Å²) in [5.41, 5.74) is 0.108. The van der Waals surface area contributed by atoms with Gasteiger partial charge in [-0.2, -0.15) is 0 Å². The molecule has 1 aliphatic heterocycles. The monoisotopic (exact) mass is 268 g/mol. The highest BCUT2D eigenvalue weighted by molar-refractivity contribution is 5.98. The fourth-order valence-electron chi connectivity index (χ4n) is 1.99. The molecule has 0 spiro atoms. The second kappa shape index (κ2) is 5.44. The molecule has 1 heterocycles. The number of halogens is 2. The molecule has 1 atom stereocenters. The van der Waals surface area contributed by atoms with E-state index < -0.39 is 17.7 Å². The first kappa shape index (κ1) is 13.6. The van der Waals surface area contributed by atoms with Gasteiger partial charge < -0.3 is 5.32 Å². The molecule has 1 fully saturated rings. The van der Waals surface area contributed by atoms with Crippen LogP contribution in [-0.4, -0.2) is 42.3 Å². The van der Waals surface area contributed by atoms with Crippen LogP contribution in [0.15, 0.2) is 18.2 Å². The first-order valence-electron chi connectivity index (χ1n) is 5.99. The Hall–Kier alpha value is -1.82. The van der Waals surface area contributed by atoms with Gasteiger partial charge >= 0.3 is 0 Å². The maximum Gasteiger partial charge on any atom is 0.237 e. The smallest absolute Gasteiger partial charge is 0.237 e. The van der Waals surface area contributed by atoms with Crippen LogP contribution in [-0.2, 0) is 4.79 Å². The normalized spacial score (nSPS) is 20.2. The quantitative estimate of drug-likeness (QED) is 0.831. The van der Waals surface area contributed by atoms with Gasteiger partial charge in [0.25, 0.3) is 0 Å². The van der Waals surface area contributed by atoms with E-state index in [1.54, 1.807) is 11.8 Å². The maximum absolute atomic E-state index is 13.1. The van der Waals surface area contributed by atoms with Gasteiger partial charge in [0.05, 0.1) is 12.6 Å². The van der Waals surface area contributed by atoms with Gasteiger partial charge in [-0.1, -0.05) is 0 Å². The molecule has 1 aliphatic rings. The van der Waals surface area contributed by atoms with Crippen LogP contribution < -0.4 is 5.32 Å². The number of benzene rings is 1. The highest BCUT2D eigenvalue weighted by Gasteiger charge is 2.27. The summed E-state index contributed by atoms with van der Waals surface area (Å²) in [6.07, 6.45) is 0. The number of Topliss-reactive ketones (excluding diaryl/α,β-unsaturated/α-hetero) is 1. The molecule has 1 N–H and O–H groups in total. The van der Waals surface area contributed by atoms with Gasteiger partial charge in [-0.25, -0.2) is 8.78 Å². The molecular formula is C13H14F2N2O2. The number of ketones is 1. The molecule has 1 unspecified atom stereocenters. The number of amides is 1. The second-order valence-corrected chi connectivity index (χ2v) is 4.49. The number of piperazine rings is 1. The summed E-state index contributed by atoms with van der Waals surface area (Å²) in [7, 11) is 0. The van der Waals surface area contributed by atoms with E-state index in [0.29, 0.717) is 13.1 Å². The molecule has 0 aromatic heterocycles. The number of hydrogen-bond acceptors (Lipinski definition) is 3. The molecule has 1 aromatic rings. The van der Waals surface area contributed by atoms with E-state index >= 15 is 0 Å². The molecule has 4 nitrogen and oxygen atoms in total. The van der Waals surface area contributed by atoms with Crippen LogP contribution in [0.3, 0.4) is 0 Å². The fraction of sp³-hybridized carbons (Fsp3) is 0.385. The van der Waals surface area contributed by atoms with E-state index in [1.165, 1.54) is 6.07 Å². The number of hydrogen-bond donors (Lipinski definition) is 1. The van der Waals surface area contributed by atoms with Crippen LogP contribution in [0.4, 0.5) is 8.78 Å². The molecular weight excluding hydrogens is 254 g/mol. The van der Waals surface area contributed by atoms with Gasteiger partial charge in [0.1, 0.15) is 0 Å². The lowest BCUT2D eigenvalue weighted by Crippen LogP contribution is -2.55. The largest absolute Gasteiger partial charge is 0.353 e. The zero-order chi connectivity index (χ0) is 14.0. The van der Waals surface area contributed by atoms with Crippen LogP contribution in [0.1, 0.15) is 17.3 Å². The van der Waals surface area contributed by atoms with Crippen molar-refractivity contribution in [3.63, 3.8) is 0 Å². The molecule has 1 saturated heterocycles. The van der Waals surface area contributed by atoms with Crippen molar-refractivity contribution in [2.45, 2.75) is 13.0 Å². The zero-order valence-corrected chi connectivity index (χ0v) is 10.5. The van der Waals surface area contributed by atoms with Gasteiger partial charge in [-0.15, -0.1) is 0 Å². The molecule has 1 amide bonds. The lowest BCUT2D eigenvalue weighted by atomic mass is 10.1. The predicted octanol–water partition coefficient (Wildman–Crippen LogP) is 0.968. The summed E-state index contributed by atoms with van der Waals surface area (Å²) in [4.78, 5) is 25.1. The summed E-state index contributed by atoms with van der Waals surface area (Å²) in [5, 5.41) is 2.69. The Labute approximate surface area is 109 Å². The van der Waals surface area contributed by atoms with E-state index in [4.69, 9.17) is 0 Å². The van der Waals surface area contributed by atoms with Crippen molar-refractivity contribution < 1.29 is 18.4 Å². The van der Waals surface area contributed by atoms with Crippen molar-refractivity contribution in [1.82, 2.24) is 10.2 Å². The van der Waals surface area contributed by atoms with E-state index in [2.05, 4.69) is 5.32 Å². The highest BCUT2D eigenvalue weighted by atomic mass is 19.2. The number of nitrogens with zero attached hydrogens (tertiary/aromatic N) is 1. The number of nitrogens with one attached hydrogen (secondary N) is 1. The molecule has 0 aliphatic carbocycles. The topological polar surface area (TPSA) is 49.4 Å². The Morgan fingerprint density at radius 1 is 1.42 bits per heavy atom. The average molecular weight is 268 g/mol. The minimum absolute atomic E-state index is 0.0136. The molecule has 102 valence electrons. The molecule has 1 aromatic carbocycles. The first-order valence-corrected chi connectivity index (χ1v) is 5.99. The molecule has 2 rings (SSSR count). The Kier molecular flexibility index (Phi) is 3.90. The van der Waals surface area contributed by atoms with E-state index in [-0.39, 0.29) is 23.8 Å². The summed E-state index contributed by atoms with van der Waals surface area (Å²) < 4.78 is 25.8. The lowest BCUT2D eigenvalue weighted by Gasteiger charge is -2.32. The van der Waals surface area contributed by atoms with E-state index in [9.17, 15) is 18.4 Å². The highest BCUT2D eigenvalue weighted by Crippen LogP contribution is 2.11. The third-order valence-corrected chi connectivity index (χ3v) is 3.21. The van der Waals surface area contributed by atoms with Crippen molar-refractivity contribution in [3.8, 4) is 0 Å². The minimum Gasteiger partial charge on any atom is -0.353 e. The van der Waals surface area contributed by atoms with Crippen LogP contribution >= 0.6 is 0 Å². The summed E-state index contributed by atoms with van der Waals surface area (Å²) >= 11 is 0. The van der Waals surface area contributed by atoms with Gasteiger partial charge in [0.2, 0.25) is 5.91 Å². The molecule has 19 heavy (non-hydrogen) atoms. The van der Waals surface area contributed by atoms with Crippen LogP contribution in [0.2, 0.25) is 0 Å². The summed E-state index contributed by atoms with van der Waals surface area (Å²) in [6.45, 7) is 2.75. The van der Waals surface area contributed by atoms with Crippen molar-refractivity contribution >= 4 is 11.7 Å². The summed E-state index contributed by atoms with van der Waals surface area (Å²) in [5.74, 6) is -2.50. The third-order valence-electron chi connectivity index (χ3n) is 3.21. The van der Waals surface area contributed by atoms with Crippen LogP contribution in [0.25, 0.3) is 0 Å². The van der Waals surface area contributed by atoms with Crippen LogP contribution in [0.5, 0.6) is 0 Å². The molecule has 0 radical (unpaired) electrons. The Bertz CT molecular complexity index is 519. The summed E-state index contributed by atoms with van der Waals surface area (Å²) in [6, 6.07) is 2.65. The second-order valence-electron chi connectivity index (χ2n) is 4.49. The predicted molar refractivity (Wildman–Crippen MR) is 64.7 cm³/mol. The fourth-order valence-corrected chi connectivity index (χ4v) is 1.99. The van der Waals surface area contributed by atoms with Gasteiger partial charge in [0, 0.05) is 18.7 Å². The van der Waals surface area contributed by atoms with Gasteiger partial charge in [0.15, 0.2) is 17.4 Å². The van der Waals surface area contributed by atoms with Crippen molar-refractivity contribution in [2.75, 3.05) is 19.6 Å². The van der Waals surface area contributed by atoms with E-state index in [1.807, 2.05) is 0 Å². The molecule has 6 heteroatoms. The maximum atomic E-state index is 13.1. The number of rotatable bonds is 3. The third kappa shape index (κ3) is 2.96. The minimum atomic E-state index is -1.05. The SMILES string of the molecule is CC1C(=O)NCCN1CC(=O)c1ccc(F)c(F)c1. The van der Waals surface area contributed by atoms with Crippen molar-refractivity contribution in [3.05, 3.63) is 35.4 Å². The first-order chi connectivity index (χ1) is 8.99. The number of carbonyl (C=O) groups excluding carboxylic acids is 2. The number of carbonyl (C=O) groups is 2.